The Bertz CT molecular complexity index is 891. The molecule has 0 fully saturated rings. The molecule has 1 aromatic carbocycles. The minimum Gasteiger partial charge on any atom is -0.306 e. The fourth-order valence-electron chi connectivity index (χ4n) is 2.79. The minimum absolute atomic E-state index is 0. The van der Waals surface area contributed by atoms with Gasteiger partial charge in [0, 0.05) is 30.2 Å². The van der Waals surface area contributed by atoms with E-state index in [1.807, 2.05) is 0 Å². The Morgan fingerprint density at radius 1 is 1.07 bits per heavy atom. The van der Waals surface area contributed by atoms with Crippen molar-refractivity contribution in [3.05, 3.63) is 59.4 Å². The van der Waals surface area contributed by atoms with Gasteiger partial charge in [0.05, 0.1) is 6.54 Å². The van der Waals surface area contributed by atoms with Crippen molar-refractivity contribution in [2.24, 2.45) is 0 Å². The Hall–Kier alpha value is -2.60. The third-order valence-corrected chi connectivity index (χ3v) is 4.30. The van der Waals surface area contributed by atoms with Crippen LogP contribution in [0.2, 0.25) is 0 Å². The zero-order valence-electron chi connectivity index (χ0n) is 14.8. The summed E-state index contributed by atoms with van der Waals surface area (Å²) in [6.07, 6.45) is -9.39. The van der Waals surface area contributed by atoms with Crippen molar-refractivity contribution in [1.82, 2.24) is 15.4 Å². The molecule has 0 saturated carbocycles. The topological polar surface area (TPSA) is 57.3 Å². The zero-order valence-corrected chi connectivity index (χ0v) is 15.6. The summed E-state index contributed by atoms with van der Waals surface area (Å²) < 4.78 is 92.1. The van der Waals surface area contributed by atoms with E-state index >= 15 is 0 Å². The van der Waals surface area contributed by atoms with Gasteiger partial charge in [-0.05, 0) is 29.3 Å². The largest absolute Gasteiger partial charge is 0.435 e. The first-order valence-corrected chi connectivity index (χ1v) is 8.10. The lowest BCUT2D eigenvalue weighted by Crippen LogP contribution is -2.51. The molecule has 13 heteroatoms. The van der Waals surface area contributed by atoms with Crippen LogP contribution in [0.4, 0.5) is 41.2 Å². The van der Waals surface area contributed by atoms with E-state index in [-0.39, 0.29) is 36.7 Å². The number of pyridine rings is 1. The molecular formula is C17H14ClF7N4O. The summed E-state index contributed by atoms with van der Waals surface area (Å²) in [7, 11) is 0. The Kier molecular flexibility index (Phi) is 6.52. The number of nitrogens with zero attached hydrogens (tertiary/aromatic N) is 2. The number of aromatic nitrogens is 1. The van der Waals surface area contributed by atoms with E-state index in [4.69, 9.17) is 0 Å². The average Bonchev–Trinajstić information content (AvgIpc) is 2.64. The van der Waals surface area contributed by atoms with Gasteiger partial charge in [-0.3, -0.25) is 9.99 Å². The van der Waals surface area contributed by atoms with Gasteiger partial charge in [-0.1, -0.05) is 12.1 Å². The second kappa shape index (κ2) is 8.26. The van der Waals surface area contributed by atoms with Crippen molar-refractivity contribution in [2.75, 3.05) is 5.32 Å². The molecule has 30 heavy (non-hydrogen) atoms. The normalized spacial score (nSPS) is 14.6. The third-order valence-electron chi connectivity index (χ3n) is 4.30. The molecule has 3 rings (SSSR count). The van der Waals surface area contributed by atoms with E-state index in [9.17, 15) is 35.5 Å². The van der Waals surface area contributed by atoms with Gasteiger partial charge in [0.25, 0.3) is 0 Å². The first kappa shape index (κ1) is 23.7. The van der Waals surface area contributed by atoms with Gasteiger partial charge in [0.1, 0.15) is 0 Å². The molecule has 1 aliphatic heterocycles. The van der Waals surface area contributed by atoms with E-state index in [2.05, 4.69) is 15.7 Å². The number of hydrazine groups is 1. The second-order valence-corrected chi connectivity index (χ2v) is 6.24. The molecule has 0 atom stereocenters. The molecule has 2 aromatic rings. The molecule has 0 radical (unpaired) electrons. The van der Waals surface area contributed by atoms with Crippen LogP contribution in [0.15, 0.2) is 42.7 Å². The van der Waals surface area contributed by atoms with Crippen LogP contribution in [-0.2, 0) is 18.8 Å². The molecule has 2 N–H and O–H groups in total. The second-order valence-electron chi connectivity index (χ2n) is 6.24. The lowest BCUT2D eigenvalue weighted by molar-refractivity contribution is -0.348. The number of urea groups is 1. The van der Waals surface area contributed by atoms with E-state index < -0.39 is 29.6 Å². The molecule has 2 amide bonds. The number of anilines is 1. The summed E-state index contributed by atoms with van der Waals surface area (Å²) in [5.74, 6) is 0. The van der Waals surface area contributed by atoms with Crippen molar-refractivity contribution in [2.45, 2.75) is 31.1 Å². The summed E-state index contributed by atoms with van der Waals surface area (Å²) >= 11 is 0. The molecule has 1 aromatic heterocycles. The lowest BCUT2D eigenvalue weighted by Gasteiger charge is -2.33. The van der Waals surface area contributed by atoms with Crippen molar-refractivity contribution in [3.63, 3.8) is 0 Å². The summed E-state index contributed by atoms with van der Waals surface area (Å²) in [5.41, 5.74) is -3.90. The highest BCUT2D eigenvalue weighted by molar-refractivity contribution is 5.92. The lowest BCUT2D eigenvalue weighted by atomic mass is 9.91. The Labute approximate surface area is 171 Å². The molecular weight excluding hydrogens is 445 g/mol. The Balaban J connectivity index is 0.00000320. The number of fused-ring (bicyclic) bond motifs is 1. The molecule has 0 bridgehead atoms. The maximum Gasteiger partial charge on any atom is 0.435 e. The van der Waals surface area contributed by atoms with E-state index in [1.165, 1.54) is 12.4 Å². The van der Waals surface area contributed by atoms with Gasteiger partial charge in [-0.15, -0.1) is 12.4 Å². The van der Waals surface area contributed by atoms with Crippen LogP contribution in [-0.4, -0.2) is 28.4 Å². The number of halogens is 8. The monoisotopic (exact) mass is 458 g/mol. The van der Waals surface area contributed by atoms with Crippen LogP contribution in [0.25, 0.3) is 0 Å². The quantitative estimate of drug-likeness (QED) is 0.644. The van der Waals surface area contributed by atoms with Crippen molar-refractivity contribution < 1.29 is 35.5 Å². The Morgan fingerprint density at radius 2 is 1.73 bits per heavy atom. The molecule has 1 aliphatic rings. The molecule has 0 spiro atoms. The van der Waals surface area contributed by atoms with Gasteiger partial charge in [0.2, 0.25) is 0 Å². The molecule has 164 valence electrons. The fourth-order valence-corrected chi connectivity index (χ4v) is 2.79. The molecule has 0 unspecified atom stereocenters. The molecule has 2 heterocycles. The highest BCUT2D eigenvalue weighted by Gasteiger charge is 2.73. The third kappa shape index (κ3) is 4.29. The number of hydrogen-bond acceptors (Lipinski definition) is 3. The predicted molar refractivity (Wildman–Crippen MR) is 94.2 cm³/mol. The number of carbonyl (C=O) groups is 1. The number of benzene rings is 1. The predicted octanol–water partition coefficient (Wildman–Crippen LogP) is 4.85. The fraction of sp³-hybridized carbons (Fsp3) is 0.294. The number of nitrogens with one attached hydrogen (secondary N) is 2. The minimum atomic E-state index is -6.21. The number of carbonyl (C=O) groups excluding carboxylic acids is 1. The SMILES string of the molecule is Cl.O=C1Nc2ccc(C(F)(C(F)(F)F)C(F)(F)F)cc2CN1NCc1cccnc1. The number of hydrogen-bond donors (Lipinski definition) is 2. The van der Waals surface area contributed by atoms with Crippen LogP contribution >= 0.6 is 12.4 Å². The maximum absolute atomic E-state index is 14.3. The highest BCUT2D eigenvalue weighted by Crippen LogP contribution is 2.53. The van der Waals surface area contributed by atoms with Crippen molar-refractivity contribution in [3.8, 4) is 0 Å². The van der Waals surface area contributed by atoms with Gasteiger partial charge >= 0.3 is 24.1 Å². The van der Waals surface area contributed by atoms with Gasteiger partial charge in [-0.2, -0.15) is 26.3 Å². The average molecular weight is 459 g/mol. The Morgan fingerprint density at radius 3 is 2.30 bits per heavy atom. The van der Waals surface area contributed by atoms with E-state index in [1.54, 1.807) is 12.1 Å². The van der Waals surface area contributed by atoms with Crippen molar-refractivity contribution in [1.29, 1.82) is 0 Å². The summed E-state index contributed by atoms with van der Waals surface area (Å²) in [6, 6.07) is 4.29. The van der Waals surface area contributed by atoms with Crippen LogP contribution in [0.5, 0.6) is 0 Å². The van der Waals surface area contributed by atoms with Gasteiger partial charge in [0.15, 0.2) is 0 Å². The first-order chi connectivity index (χ1) is 13.4. The van der Waals surface area contributed by atoms with Crippen LogP contribution in [0.1, 0.15) is 16.7 Å². The summed E-state index contributed by atoms with van der Waals surface area (Å²) in [6.45, 7) is -0.254. The van der Waals surface area contributed by atoms with E-state index in [0.29, 0.717) is 17.7 Å². The van der Waals surface area contributed by atoms with Gasteiger partial charge in [-0.25, -0.2) is 14.6 Å². The van der Waals surface area contributed by atoms with Crippen LogP contribution in [0, 0.1) is 0 Å². The smallest absolute Gasteiger partial charge is 0.306 e. The first-order valence-electron chi connectivity index (χ1n) is 8.10. The summed E-state index contributed by atoms with van der Waals surface area (Å²) in [4.78, 5) is 16.0. The van der Waals surface area contributed by atoms with Crippen molar-refractivity contribution >= 4 is 24.1 Å². The highest BCUT2D eigenvalue weighted by atomic mass is 35.5. The van der Waals surface area contributed by atoms with E-state index in [0.717, 1.165) is 11.1 Å². The molecule has 5 nitrogen and oxygen atoms in total. The molecule has 0 saturated heterocycles. The van der Waals surface area contributed by atoms with Crippen LogP contribution in [0.3, 0.4) is 0 Å². The summed E-state index contributed by atoms with van der Waals surface area (Å²) in [5, 5.41) is 3.28. The van der Waals surface area contributed by atoms with Gasteiger partial charge < -0.3 is 5.32 Å². The van der Waals surface area contributed by atoms with Crippen LogP contribution < -0.4 is 10.7 Å². The maximum atomic E-state index is 14.3. The molecule has 0 aliphatic carbocycles. The number of alkyl halides is 7. The number of rotatable bonds is 4. The number of amides is 2. The zero-order chi connectivity index (χ0) is 21.4. The standard InChI is InChI=1S/C17H13F7N4O.ClH/c18-15(16(19,20)21,17(22,23)24)12-3-4-13-11(6-12)9-28(14(29)27-13)26-8-10-2-1-5-25-7-10;/h1-7,26H,8-9H2,(H,27,29);1H.